The van der Waals surface area contributed by atoms with Crippen LogP contribution >= 0.6 is 0 Å². The molecule has 0 saturated carbocycles. The highest BCUT2D eigenvalue weighted by Crippen LogP contribution is 2.32. The lowest BCUT2D eigenvalue weighted by molar-refractivity contribution is 0.163. The van der Waals surface area contributed by atoms with Crippen molar-refractivity contribution in [2.24, 2.45) is 0 Å². The van der Waals surface area contributed by atoms with E-state index < -0.39 is 16.1 Å². The number of ether oxygens (including phenoxy) is 1. The zero-order chi connectivity index (χ0) is 23.6. The van der Waals surface area contributed by atoms with Gasteiger partial charge in [-0.25, -0.2) is 13.4 Å². The molecule has 0 bridgehead atoms. The molecule has 0 saturated heterocycles. The Morgan fingerprint density at radius 1 is 1.00 bits per heavy atom. The summed E-state index contributed by atoms with van der Waals surface area (Å²) in [6.45, 7) is 3.81. The van der Waals surface area contributed by atoms with E-state index in [0.717, 1.165) is 22.4 Å². The van der Waals surface area contributed by atoms with Crippen LogP contribution in [0.25, 0.3) is 11.0 Å². The zero-order valence-corrected chi connectivity index (χ0v) is 19.7. The fourth-order valence-electron chi connectivity index (χ4n) is 3.89. The number of aliphatic hydroxyl groups excluding tert-OH is 1. The van der Waals surface area contributed by atoms with Gasteiger partial charge in [-0.2, -0.15) is 0 Å². The number of benzene rings is 3. The number of aliphatic hydroxyl groups is 1. The maximum Gasteiger partial charge on any atom is 0.264 e. The number of para-hydroxylation sites is 4. The summed E-state index contributed by atoms with van der Waals surface area (Å²) in [6.07, 6.45) is -0.994. The summed E-state index contributed by atoms with van der Waals surface area (Å²) < 4.78 is 35.9. The molecule has 172 valence electrons. The molecule has 1 aromatic heterocycles. The van der Waals surface area contributed by atoms with E-state index in [2.05, 4.69) is 4.98 Å². The van der Waals surface area contributed by atoms with Gasteiger partial charge in [0.25, 0.3) is 10.0 Å². The van der Waals surface area contributed by atoms with E-state index in [4.69, 9.17) is 4.74 Å². The first-order valence-electron chi connectivity index (χ1n) is 10.6. The van der Waals surface area contributed by atoms with Crippen LogP contribution in [-0.2, 0) is 16.6 Å². The molecule has 0 aliphatic heterocycles. The number of methoxy groups -OCH3 is 1. The summed E-state index contributed by atoms with van der Waals surface area (Å²) >= 11 is 0. The number of imidazole rings is 1. The summed E-state index contributed by atoms with van der Waals surface area (Å²) in [5.74, 6) is 1.16. The van der Waals surface area contributed by atoms with E-state index in [0.29, 0.717) is 11.4 Å². The van der Waals surface area contributed by atoms with E-state index >= 15 is 0 Å². The van der Waals surface area contributed by atoms with Gasteiger partial charge in [0, 0.05) is 0 Å². The zero-order valence-electron chi connectivity index (χ0n) is 18.8. The summed E-state index contributed by atoms with van der Waals surface area (Å²) in [5.41, 5.74) is 3.04. The van der Waals surface area contributed by atoms with E-state index in [1.807, 2.05) is 42.7 Å². The summed E-state index contributed by atoms with van der Waals surface area (Å²) in [7, 11) is -2.47. The minimum absolute atomic E-state index is 0.149. The molecule has 4 aromatic rings. The summed E-state index contributed by atoms with van der Waals surface area (Å²) in [5, 5.41) is 11.1. The quantitative estimate of drug-likeness (QED) is 0.426. The molecule has 1 heterocycles. The molecule has 0 fully saturated rings. The lowest BCUT2D eigenvalue weighted by Gasteiger charge is -2.28. The van der Waals surface area contributed by atoms with E-state index in [1.165, 1.54) is 11.4 Å². The van der Waals surface area contributed by atoms with Crippen molar-refractivity contribution in [1.82, 2.24) is 9.55 Å². The largest absolute Gasteiger partial charge is 0.495 e. The maximum absolute atomic E-state index is 13.7. The Bertz CT molecular complexity index is 1360. The van der Waals surface area contributed by atoms with Crippen LogP contribution in [0.5, 0.6) is 5.75 Å². The molecule has 0 amide bonds. The van der Waals surface area contributed by atoms with Crippen molar-refractivity contribution >= 4 is 26.7 Å². The molecule has 0 aliphatic rings. The molecule has 3 aromatic carbocycles. The molecular weight excluding hydrogens is 438 g/mol. The summed E-state index contributed by atoms with van der Waals surface area (Å²) in [6, 6.07) is 21.2. The highest BCUT2D eigenvalue weighted by atomic mass is 32.2. The smallest absolute Gasteiger partial charge is 0.264 e. The van der Waals surface area contributed by atoms with E-state index in [9.17, 15) is 13.5 Å². The SMILES string of the molecule is COc1ccccc1N(C[C@H](O)Cn1c(C)nc2ccccc21)S(=O)(=O)c1ccc(C)cc1. The van der Waals surface area contributed by atoms with Crippen molar-refractivity contribution in [2.75, 3.05) is 18.0 Å². The van der Waals surface area contributed by atoms with Crippen LogP contribution in [0.3, 0.4) is 0 Å². The Kier molecular flexibility index (Phi) is 6.40. The van der Waals surface area contributed by atoms with Gasteiger partial charge in [0.05, 0.1) is 47.9 Å². The molecule has 1 atom stereocenters. The molecule has 1 N–H and O–H groups in total. The number of anilines is 1. The van der Waals surface area contributed by atoms with Crippen LogP contribution in [0.15, 0.2) is 77.7 Å². The minimum Gasteiger partial charge on any atom is -0.495 e. The number of hydrogen-bond acceptors (Lipinski definition) is 5. The van der Waals surface area contributed by atoms with Crippen molar-refractivity contribution in [2.45, 2.75) is 31.4 Å². The second-order valence-electron chi connectivity index (χ2n) is 7.93. The second-order valence-corrected chi connectivity index (χ2v) is 9.80. The van der Waals surface area contributed by atoms with Crippen molar-refractivity contribution < 1.29 is 18.3 Å². The maximum atomic E-state index is 13.7. The van der Waals surface area contributed by atoms with Gasteiger partial charge in [0.2, 0.25) is 0 Å². The molecule has 0 radical (unpaired) electrons. The highest BCUT2D eigenvalue weighted by molar-refractivity contribution is 7.92. The molecule has 8 heteroatoms. The van der Waals surface area contributed by atoms with Crippen LogP contribution in [0.2, 0.25) is 0 Å². The standard InChI is InChI=1S/C25H27N3O4S/c1-18-12-14-21(15-13-18)33(30,31)28(24-10-6-7-11-25(24)32-3)17-20(29)16-27-19(2)26-22-8-4-5-9-23(22)27/h4-15,20,29H,16-17H2,1-3H3/t20-/m1/s1. The molecule has 0 unspecified atom stereocenters. The lowest BCUT2D eigenvalue weighted by atomic mass is 10.2. The molecule has 0 spiro atoms. The molecule has 33 heavy (non-hydrogen) atoms. The first-order chi connectivity index (χ1) is 15.8. The van der Waals surface area contributed by atoms with Gasteiger partial charge in [-0.1, -0.05) is 42.0 Å². The first-order valence-corrected chi connectivity index (χ1v) is 12.1. The van der Waals surface area contributed by atoms with Gasteiger partial charge >= 0.3 is 0 Å². The summed E-state index contributed by atoms with van der Waals surface area (Å²) in [4.78, 5) is 4.68. The molecule has 4 rings (SSSR count). The first kappa shape index (κ1) is 22.8. The van der Waals surface area contributed by atoms with Gasteiger partial charge in [-0.3, -0.25) is 4.31 Å². The molecule has 7 nitrogen and oxygen atoms in total. The number of rotatable bonds is 8. The third-order valence-corrected chi connectivity index (χ3v) is 7.37. The van der Waals surface area contributed by atoms with Crippen molar-refractivity contribution in [3.63, 3.8) is 0 Å². The number of sulfonamides is 1. The Morgan fingerprint density at radius 2 is 1.67 bits per heavy atom. The van der Waals surface area contributed by atoms with Gasteiger partial charge in [0.15, 0.2) is 0 Å². The van der Waals surface area contributed by atoms with Crippen LogP contribution < -0.4 is 9.04 Å². The van der Waals surface area contributed by atoms with Gasteiger partial charge < -0.3 is 14.4 Å². The van der Waals surface area contributed by atoms with Crippen molar-refractivity contribution in [1.29, 1.82) is 0 Å². The van der Waals surface area contributed by atoms with E-state index in [1.54, 1.807) is 48.5 Å². The molecular formula is C25H27N3O4S. The van der Waals surface area contributed by atoms with Crippen LogP contribution in [0, 0.1) is 13.8 Å². The number of fused-ring (bicyclic) bond motifs is 1. The van der Waals surface area contributed by atoms with Crippen LogP contribution in [0.1, 0.15) is 11.4 Å². The Labute approximate surface area is 193 Å². The average molecular weight is 466 g/mol. The lowest BCUT2D eigenvalue weighted by Crippen LogP contribution is -2.39. The predicted octanol–water partition coefficient (Wildman–Crippen LogP) is 3.92. The fraction of sp³-hybridized carbons (Fsp3) is 0.240. The van der Waals surface area contributed by atoms with Crippen LogP contribution in [0.4, 0.5) is 5.69 Å². The normalized spacial score (nSPS) is 12.6. The fourth-order valence-corrected chi connectivity index (χ4v) is 5.40. The Balaban J connectivity index is 1.72. The minimum atomic E-state index is -3.96. The number of hydrogen-bond donors (Lipinski definition) is 1. The number of aromatic nitrogens is 2. The number of aryl methyl sites for hydroxylation is 2. The topological polar surface area (TPSA) is 84.7 Å². The Hall–Kier alpha value is -3.36. The number of nitrogens with zero attached hydrogens (tertiary/aromatic N) is 3. The monoisotopic (exact) mass is 465 g/mol. The molecule has 0 aliphatic carbocycles. The van der Waals surface area contributed by atoms with Crippen LogP contribution in [-0.4, -0.2) is 42.8 Å². The highest BCUT2D eigenvalue weighted by Gasteiger charge is 2.29. The third kappa shape index (κ3) is 4.58. The van der Waals surface area contributed by atoms with Gasteiger partial charge in [0.1, 0.15) is 11.6 Å². The average Bonchev–Trinajstić information content (AvgIpc) is 3.12. The Morgan fingerprint density at radius 3 is 2.39 bits per heavy atom. The van der Waals surface area contributed by atoms with Gasteiger partial charge in [-0.05, 0) is 50.2 Å². The van der Waals surface area contributed by atoms with Crippen molar-refractivity contribution in [3.8, 4) is 5.75 Å². The predicted molar refractivity (Wildman–Crippen MR) is 129 cm³/mol. The third-order valence-electron chi connectivity index (χ3n) is 5.58. The van der Waals surface area contributed by atoms with Crippen molar-refractivity contribution in [3.05, 3.63) is 84.2 Å². The van der Waals surface area contributed by atoms with E-state index in [-0.39, 0.29) is 18.0 Å². The van der Waals surface area contributed by atoms with Gasteiger partial charge in [-0.15, -0.1) is 0 Å². The second kappa shape index (κ2) is 9.25.